The lowest BCUT2D eigenvalue weighted by molar-refractivity contribution is -0.141. The van der Waals surface area contributed by atoms with Gasteiger partial charge in [0.1, 0.15) is 11.9 Å². The standard InChI is InChI=1S/C40H50N12O6/c1-43-21-24(20-41)45-35-33(34(42)54)44-22-31(46-35)50-13-2-3-27(23-50)51-18-12-40(39(51)58)10-16-49(17-11-40)25-8-14-48(15-9-25)26-4-5-28-29(19-26)38(57)52(37(28)56)30-6-7-32(53)47-36(30)55/h4-5,19-22,25,27,30,41,43H,2-3,6-18,23H2,1H3,(H2,42,54)(H,45,46)(H,47,53,55)/b24-21+,41-20?. The van der Waals surface area contributed by atoms with E-state index in [9.17, 15) is 28.8 Å². The van der Waals surface area contributed by atoms with Gasteiger partial charge in [-0.3, -0.25) is 39.0 Å². The van der Waals surface area contributed by atoms with Crippen LogP contribution < -0.4 is 31.5 Å². The second-order valence-electron chi connectivity index (χ2n) is 16.1. The average molecular weight is 795 g/mol. The number of rotatable bonds is 10. The first-order valence-corrected chi connectivity index (χ1v) is 20.2. The lowest BCUT2D eigenvalue weighted by Gasteiger charge is -2.45. The van der Waals surface area contributed by atoms with Gasteiger partial charge in [-0.1, -0.05) is 0 Å². The zero-order chi connectivity index (χ0) is 40.7. The molecule has 0 radical (unpaired) electrons. The normalized spacial score (nSPS) is 24.4. The number of anilines is 3. The number of carbonyl (C=O) groups is 6. The highest BCUT2D eigenvalue weighted by Crippen LogP contribution is 2.44. The molecule has 2 atom stereocenters. The van der Waals surface area contributed by atoms with Crippen molar-refractivity contribution in [2.24, 2.45) is 11.1 Å². The Balaban J connectivity index is 0.850. The quantitative estimate of drug-likeness (QED) is 0.168. The van der Waals surface area contributed by atoms with Crippen LogP contribution in [0.15, 0.2) is 36.3 Å². The second-order valence-corrected chi connectivity index (χ2v) is 16.1. The van der Waals surface area contributed by atoms with Crippen LogP contribution in [0, 0.1) is 10.8 Å². The van der Waals surface area contributed by atoms with Gasteiger partial charge < -0.3 is 41.4 Å². The van der Waals surface area contributed by atoms with E-state index in [0.29, 0.717) is 24.1 Å². The molecule has 306 valence electrons. The van der Waals surface area contributed by atoms with E-state index < -0.39 is 35.6 Å². The molecule has 1 spiro atoms. The summed E-state index contributed by atoms with van der Waals surface area (Å²) >= 11 is 0. The SMILES string of the molecule is CN/C=C(\C=N)Nc1nc(N2CCCC(N3CCC4(CCN(C5CCN(c6ccc7c(c6)C(=O)N(C6CCC(=O)NC6=O)C7=O)CC5)CC4)C3=O)C2)cnc1C(N)=O. The van der Waals surface area contributed by atoms with Gasteiger partial charge in [0.15, 0.2) is 11.5 Å². The van der Waals surface area contributed by atoms with E-state index in [2.05, 4.69) is 45.5 Å². The molecule has 18 heteroatoms. The third kappa shape index (κ3) is 7.13. The van der Waals surface area contributed by atoms with E-state index in [0.717, 1.165) is 101 Å². The molecule has 6 amide bonds. The maximum absolute atomic E-state index is 14.2. The van der Waals surface area contributed by atoms with Crippen LogP contribution in [0.4, 0.5) is 17.3 Å². The minimum absolute atomic E-state index is 0.0215. The van der Waals surface area contributed by atoms with Gasteiger partial charge >= 0.3 is 0 Å². The third-order valence-corrected chi connectivity index (χ3v) is 12.9. The Bertz CT molecular complexity index is 2070. The Labute approximate surface area is 336 Å². The fourth-order valence-electron chi connectivity index (χ4n) is 9.74. The Morgan fingerprint density at radius 1 is 0.931 bits per heavy atom. The third-order valence-electron chi connectivity index (χ3n) is 12.9. The first-order chi connectivity index (χ1) is 28.0. The van der Waals surface area contributed by atoms with Crippen LogP contribution in [0.1, 0.15) is 89.0 Å². The second kappa shape index (κ2) is 15.8. The Morgan fingerprint density at radius 3 is 2.38 bits per heavy atom. The van der Waals surface area contributed by atoms with Crippen LogP contribution in [-0.4, -0.2) is 137 Å². The van der Waals surface area contributed by atoms with Crippen molar-refractivity contribution in [2.75, 3.05) is 68.0 Å². The highest BCUT2D eigenvalue weighted by molar-refractivity contribution is 6.23. The number of carbonyl (C=O) groups excluding carboxylic acids is 6. The molecule has 0 bridgehead atoms. The molecule has 0 saturated carbocycles. The first-order valence-electron chi connectivity index (χ1n) is 20.2. The van der Waals surface area contributed by atoms with Gasteiger partial charge in [0, 0.05) is 76.4 Å². The van der Waals surface area contributed by atoms with E-state index in [1.165, 1.54) is 0 Å². The zero-order valence-electron chi connectivity index (χ0n) is 32.7. The van der Waals surface area contributed by atoms with Gasteiger partial charge in [0.2, 0.25) is 17.7 Å². The smallest absolute Gasteiger partial charge is 0.271 e. The number of amides is 6. The summed E-state index contributed by atoms with van der Waals surface area (Å²) in [7, 11) is 1.70. The average Bonchev–Trinajstić information content (AvgIpc) is 3.68. The number of benzene rings is 1. The monoisotopic (exact) mass is 794 g/mol. The van der Waals surface area contributed by atoms with Crippen molar-refractivity contribution in [1.82, 2.24) is 35.3 Å². The summed E-state index contributed by atoms with van der Waals surface area (Å²) in [5.41, 5.74) is 7.03. The van der Waals surface area contributed by atoms with Crippen molar-refractivity contribution in [3.63, 3.8) is 0 Å². The molecule has 18 nitrogen and oxygen atoms in total. The number of likely N-dealkylation sites (tertiary alicyclic amines) is 2. The summed E-state index contributed by atoms with van der Waals surface area (Å²) in [5, 5.41) is 15.8. The molecule has 1 aromatic carbocycles. The van der Waals surface area contributed by atoms with Gasteiger partial charge in [0.25, 0.3) is 17.7 Å². The highest BCUT2D eigenvalue weighted by Gasteiger charge is 2.51. The van der Waals surface area contributed by atoms with Crippen molar-refractivity contribution >= 4 is 59.0 Å². The number of nitrogens with zero attached hydrogens (tertiary/aromatic N) is 7. The van der Waals surface area contributed by atoms with E-state index in [1.807, 2.05) is 6.07 Å². The van der Waals surface area contributed by atoms with E-state index in [1.54, 1.807) is 31.6 Å². The fourth-order valence-corrected chi connectivity index (χ4v) is 9.74. The molecular weight excluding hydrogens is 745 g/mol. The summed E-state index contributed by atoms with van der Waals surface area (Å²) in [4.78, 5) is 96.0. The van der Waals surface area contributed by atoms with Crippen LogP contribution in [-0.2, 0) is 14.4 Å². The number of imide groups is 2. The molecule has 58 heavy (non-hydrogen) atoms. The predicted octanol–water partition coefficient (Wildman–Crippen LogP) is 1.05. The number of primary amides is 1. The van der Waals surface area contributed by atoms with Gasteiger partial charge in [0.05, 0.1) is 28.4 Å². The zero-order valence-corrected chi connectivity index (χ0v) is 32.7. The molecule has 6 aliphatic rings. The highest BCUT2D eigenvalue weighted by atomic mass is 16.2. The molecule has 1 aromatic heterocycles. The number of hydrogen-bond acceptors (Lipinski definition) is 14. The number of piperidine rings is 4. The molecular formula is C40H50N12O6. The summed E-state index contributed by atoms with van der Waals surface area (Å²) in [6, 6.07) is 4.73. The van der Waals surface area contributed by atoms with Crippen molar-refractivity contribution in [1.29, 1.82) is 5.41 Å². The van der Waals surface area contributed by atoms with E-state index in [-0.39, 0.29) is 52.8 Å². The van der Waals surface area contributed by atoms with E-state index >= 15 is 0 Å². The lowest BCUT2D eigenvalue weighted by atomic mass is 9.76. The summed E-state index contributed by atoms with van der Waals surface area (Å²) in [6.45, 7) is 5.38. The van der Waals surface area contributed by atoms with Crippen LogP contribution in [0.3, 0.4) is 0 Å². The van der Waals surface area contributed by atoms with Crippen LogP contribution in [0.2, 0.25) is 0 Å². The van der Waals surface area contributed by atoms with Crippen molar-refractivity contribution in [3.8, 4) is 0 Å². The number of fused-ring (bicyclic) bond motifs is 1. The molecule has 8 rings (SSSR count). The lowest BCUT2D eigenvalue weighted by Crippen LogP contribution is -2.54. The number of allylic oxidation sites excluding steroid dienone is 1. The summed E-state index contributed by atoms with van der Waals surface area (Å²) in [6.07, 6.45) is 10.6. The van der Waals surface area contributed by atoms with E-state index in [4.69, 9.17) is 11.1 Å². The maximum atomic E-state index is 14.2. The van der Waals surface area contributed by atoms with Crippen LogP contribution >= 0.6 is 0 Å². The first kappa shape index (κ1) is 38.9. The molecule has 5 fully saturated rings. The summed E-state index contributed by atoms with van der Waals surface area (Å²) < 4.78 is 0. The van der Waals surface area contributed by atoms with Crippen molar-refractivity contribution in [3.05, 3.63) is 53.1 Å². The van der Waals surface area contributed by atoms with Crippen molar-refractivity contribution < 1.29 is 28.8 Å². The summed E-state index contributed by atoms with van der Waals surface area (Å²) in [5.74, 6) is -1.76. The topological polar surface area (TPSA) is 230 Å². The molecule has 6 aliphatic heterocycles. The fraction of sp³-hybridized carbons (Fsp3) is 0.525. The molecule has 2 unspecified atom stereocenters. The van der Waals surface area contributed by atoms with Crippen LogP contribution in [0.25, 0.3) is 0 Å². The maximum Gasteiger partial charge on any atom is 0.271 e. The molecule has 6 N–H and O–H groups in total. The molecule has 2 aromatic rings. The number of hydrogen-bond donors (Lipinski definition) is 5. The molecule has 5 saturated heterocycles. The molecule has 7 heterocycles. The largest absolute Gasteiger partial charge is 0.392 e. The van der Waals surface area contributed by atoms with Gasteiger partial charge in [-0.15, -0.1) is 0 Å². The van der Waals surface area contributed by atoms with Gasteiger partial charge in [-0.05, 0) is 82.7 Å². The minimum Gasteiger partial charge on any atom is -0.392 e. The number of nitrogens with two attached hydrogens (primary N) is 1. The van der Waals surface area contributed by atoms with Gasteiger partial charge in [-0.25, -0.2) is 9.97 Å². The van der Waals surface area contributed by atoms with Gasteiger partial charge in [-0.2, -0.15) is 0 Å². The Hall–Kier alpha value is -5.91. The van der Waals surface area contributed by atoms with Crippen molar-refractivity contribution in [2.45, 2.75) is 75.9 Å². The predicted molar refractivity (Wildman–Crippen MR) is 213 cm³/mol. The Kier molecular flexibility index (Phi) is 10.6. The number of nitrogens with one attached hydrogen (secondary N) is 4. The molecule has 0 aliphatic carbocycles. The Morgan fingerprint density at radius 2 is 1.67 bits per heavy atom. The number of aromatic nitrogens is 2. The minimum atomic E-state index is -0.990. The van der Waals surface area contributed by atoms with Crippen LogP contribution in [0.5, 0.6) is 0 Å².